The van der Waals surface area contributed by atoms with Crippen molar-refractivity contribution in [1.29, 1.82) is 0 Å². The lowest BCUT2D eigenvalue weighted by Crippen LogP contribution is -2.54. The zero-order valence-electron chi connectivity index (χ0n) is 18.6. The van der Waals surface area contributed by atoms with Crippen LogP contribution in [0.2, 0.25) is 5.02 Å². The van der Waals surface area contributed by atoms with E-state index in [-0.39, 0.29) is 11.1 Å². The lowest BCUT2D eigenvalue weighted by Gasteiger charge is -2.41. The molecule has 32 heavy (non-hydrogen) atoms. The second kappa shape index (κ2) is 7.64. The van der Waals surface area contributed by atoms with Crippen molar-refractivity contribution in [2.45, 2.75) is 33.2 Å². The SMILES string of the molecule is CC1=CC(C)(C)N(C)c2cc(C)c(/C=C3\C(=O)NC(=O)N(c4cccc(Cl)c4)C3=O)cc21. The van der Waals surface area contributed by atoms with Gasteiger partial charge in [-0.3, -0.25) is 14.9 Å². The van der Waals surface area contributed by atoms with Gasteiger partial charge in [-0.15, -0.1) is 0 Å². The predicted molar refractivity (Wildman–Crippen MR) is 128 cm³/mol. The number of carbonyl (C=O) groups excluding carboxylic acids is 3. The fourth-order valence-electron chi connectivity index (χ4n) is 4.14. The molecule has 0 spiro atoms. The number of amides is 4. The fourth-order valence-corrected chi connectivity index (χ4v) is 4.32. The Morgan fingerprint density at radius 3 is 2.47 bits per heavy atom. The second-order valence-electron chi connectivity index (χ2n) is 8.70. The van der Waals surface area contributed by atoms with Crippen LogP contribution >= 0.6 is 11.6 Å². The summed E-state index contributed by atoms with van der Waals surface area (Å²) in [6.45, 7) is 8.29. The first-order valence-electron chi connectivity index (χ1n) is 10.2. The van der Waals surface area contributed by atoms with Crippen molar-refractivity contribution in [3.05, 3.63) is 69.8 Å². The van der Waals surface area contributed by atoms with Crippen molar-refractivity contribution in [2.75, 3.05) is 16.8 Å². The Morgan fingerprint density at radius 2 is 1.78 bits per heavy atom. The Hall–Kier alpha value is -3.38. The van der Waals surface area contributed by atoms with E-state index in [1.165, 1.54) is 6.07 Å². The van der Waals surface area contributed by atoms with Crippen LogP contribution in [0.4, 0.5) is 16.2 Å². The third-order valence-electron chi connectivity index (χ3n) is 6.07. The van der Waals surface area contributed by atoms with Crippen LogP contribution in [0.1, 0.15) is 37.5 Å². The molecule has 2 aromatic carbocycles. The molecule has 2 aliphatic heterocycles. The summed E-state index contributed by atoms with van der Waals surface area (Å²) in [6.07, 6.45) is 3.74. The van der Waals surface area contributed by atoms with Gasteiger partial charge in [-0.2, -0.15) is 0 Å². The maximum Gasteiger partial charge on any atom is 0.335 e. The zero-order valence-corrected chi connectivity index (χ0v) is 19.4. The summed E-state index contributed by atoms with van der Waals surface area (Å²) in [5, 5.41) is 2.63. The van der Waals surface area contributed by atoms with Gasteiger partial charge in [-0.05, 0) is 80.8 Å². The van der Waals surface area contributed by atoms with Gasteiger partial charge in [0.25, 0.3) is 11.8 Å². The van der Waals surface area contributed by atoms with E-state index < -0.39 is 17.8 Å². The van der Waals surface area contributed by atoms with Gasteiger partial charge in [0.05, 0.1) is 11.2 Å². The van der Waals surface area contributed by atoms with Crippen LogP contribution in [0.5, 0.6) is 0 Å². The number of nitrogens with one attached hydrogen (secondary N) is 1. The molecular weight excluding hydrogens is 426 g/mol. The van der Waals surface area contributed by atoms with E-state index in [9.17, 15) is 14.4 Å². The van der Waals surface area contributed by atoms with Crippen molar-refractivity contribution in [3.8, 4) is 0 Å². The van der Waals surface area contributed by atoms with Gasteiger partial charge in [0, 0.05) is 23.3 Å². The molecule has 4 amide bonds. The van der Waals surface area contributed by atoms with E-state index in [2.05, 4.69) is 43.1 Å². The van der Waals surface area contributed by atoms with Gasteiger partial charge in [0.15, 0.2) is 0 Å². The van der Waals surface area contributed by atoms with Crippen LogP contribution in [-0.4, -0.2) is 30.4 Å². The largest absolute Gasteiger partial charge is 0.365 e. The molecule has 0 aliphatic carbocycles. The maximum atomic E-state index is 13.2. The molecule has 1 saturated heterocycles. The van der Waals surface area contributed by atoms with Crippen LogP contribution in [0.25, 0.3) is 11.6 Å². The van der Waals surface area contributed by atoms with Gasteiger partial charge < -0.3 is 4.90 Å². The lowest BCUT2D eigenvalue weighted by atomic mass is 9.87. The Balaban J connectivity index is 1.80. The molecule has 1 fully saturated rings. The number of urea groups is 1. The highest BCUT2D eigenvalue weighted by Crippen LogP contribution is 2.39. The average molecular weight is 450 g/mol. The minimum atomic E-state index is -0.802. The predicted octanol–water partition coefficient (Wildman–Crippen LogP) is 4.95. The normalized spacial score (nSPS) is 19.1. The Labute approximate surface area is 192 Å². The number of carbonyl (C=O) groups is 3. The number of hydrogen-bond donors (Lipinski definition) is 1. The molecule has 164 valence electrons. The third-order valence-corrected chi connectivity index (χ3v) is 6.31. The molecule has 0 saturated carbocycles. The Morgan fingerprint density at radius 1 is 1.06 bits per heavy atom. The number of nitrogens with zero attached hydrogens (tertiary/aromatic N) is 2. The minimum Gasteiger partial charge on any atom is -0.365 e. The number of allylic oxidation sites excluding steroid dienone is 1. The lowest BCUT2D eigenvalue weighted by molar-refractivity contribution is -0.122. The molecule has 6 nitrogen and oxygen atoms in total. The van der Waals surface area contributed by atoms with Crippen molar-refractivity contribution in [3.63, 3.8) is 0 Å². The van der Waals surface area contributed by atoms with Crippen molar-refractivity contribution < 1.29 is 14.4 Å². The topological polar surface area (TPSA) is 69.7 Å². The smallest absolute Gasteiger partial charge is 0.335 e. The summed E-state index contributed by atoms with van der Waals surface area (Å²) >= 11 is 6.03. The number of anilines is 2. The van der Waals surface area contributed by atoms with Crippen molar-refractivity contribution in [2.24, 2.45) is 0 Å². The summed E-state index contributed by atoms with van der Waals surface area (Å²) in [7, 11) is 2.05. The zero-order chi connectivity index (χ0) is 23.4. The molecule has 2 heterocycles. The highest BCUT2D eigenvalue weighted by molar-refractivity contribution is 6.39. The maximum absolute atomic E-state index is 13.2. The fraction of sp³-hybridized carbons (Fsp3) is 0.240. The number of likely N-dealkylation sites (N-methyl/N-ethyl adjacent to an activating group) is 1. The van der Waals surface area contributed by atoms with Crippen LogP contribution in [-0.2, 0) is 9.59 Å². The number of imide groups is 2. The molecule has 0 atom stereocenters. The number of rotatable bonds is 2. The number of halogens is 1. The van der Waals surface area contributed by atoms with Gasteiger partial charge in [0.1, 0.15) is 5.57 Å². The third kappa shape index (κ3) is 3.60. The number of hydrogen-bond acceptors (Lipinski definition) is 4. The van der Waals surface area contributed by atoms with Gasteiger partial charge in [-0.25, -0.2) is 9.69 Å². The summed E-state index contributed by atoms with van der Waals surface area (Å²) in [6, 6.07) is 9.61. The number of aryl methyl sites for hydroxylation is 1. The first-order valence-corrected chi connectivity index (χ1v) is 10.6. The highest BCUT2D eigenvalue weighted by Gasteiger charge is 2.37. The molecule has 0 unspecified atom stereocenters. The number of barbiturate groups is 1. The van der Waals surface area contributed by atoms with E-state index in [0.29, 0.717) is 10.7 Å². The molecular formula is C25H24ClN3O3. The monoisotopic (exact) mass is 449 g/mol. The van der Waals surface area contributed by atoms with Crippen molar-refractivity contribution in [1.82, 2.24) is 5.32 Å². The first-order chi connectivity index (χ1) is 15.0. The van der Waals surface area contributed by atoms with Gasteiger partial charge in [-0.1, -0.05) is 23.7 Å². The standard InChI is InChI=1S/C25H24ClN3O3/c1-14-9-21-19(15(2)13-25(3,4)28(21)5)10-16(14)11-20-22(30)27-24(32)29(23(20)31)18-8-6-7-17(26)12-18/h6-13H,1-5H3,(H,27,30,32)/b20-11+. The summed E-state index contributed by atoms with van der Waals surface area (Å²) < 4.78 is 0. The van der Waals surface area contributed by atoms with E-state index >= 15 is 0 Å². The van der Waals surface area contributed by atoms with Crippen LogP contribution < -0.4 is 15.1 Å². The molecule has 2 aliphatic rings. The molecule has 1 N–H and O–H groups in total. The van der Waals surface area contributed by atoms with Gasteiger partial charge >= 0.3 is 6.03 Å². The van der Waals surface area contributed by atoms with E-state index in [1.807, 2.05) is 20.0 Å². The average Bonchev–Trinajstić information content (AvgIpc) is 2.69. The summed E-state index contributed by atoms with van der Waals surface area (Å²) in [5.41, 5.74) is 4.96. The summed E-state index contributed by atoms with van der Waals surface area (Å²) in [5.74, 6) is -1.41. The minimum absolute atomic E-state index is 0.112. The van der Waals surface area contributed by atoms with E-state index in [4.69, 9.17) is 11.6 Å². The Kier molecular flexibility index (Phi) is 5.21. The number of fused-ring (bicyclic) bond motifs is 1. The first kappa shape index (κ1) is 21.8. The second-order valence-corrected chi connectivity index (χ2v) is 9.14. The molecule has 4 rings (SSSR count). The molecule has 2 aromatic rings. The molecule has 7 heteroatoms. The highest BCUT2D eigenvalue weighted by atomic mass is 35.5. The van der Waals surface area contributed by atoms with Crippen LogP contribution in [0.3, 0.4) is 0 Å². The van der Waals surface area contributed by atoms with Crippen LogP contribution in [0, 0.1) is 6.92 Å². The van der Waals surface area contributed by atoms with E-state index in [0.717, 1.165) is 32.9 Å². The number of benzene rings is 2. The van der Waals surface area contributed by atoms with Crippen molar-refractivity contribution >= 4 is 52.5 Å². The molecule has 0 bridgehead atoms. The van der Waals surface area contributed by atoms with E-state index in [1.54, 1.807) is 24.3 Å². The Bertz CT molecular complexity index is 1240. The molecule has 0 radical (unpaired) electrons. The molecule has 0 aromatic heterocycles. The van der Waals surface area contributed by atoms with Gasteiger partial charge in [0.2, 0.25) is 0 Å². The summed E-state index contributed by atoms with van der Waals surface area (Å²) in [4.78, 5) is 41.3. The van der Waals surface area contributed by atoms with Crippen LogP contribution in [0.15, 0.2) is 48.0 Å². The quantitative estimate of drug-likeness (QED) is 0.520.